The van der Waals surface area contributed by atoms with Crippen LogP contribution in [0.25, 0.3) is 11.6 Å². The average Bonchev–Trinajstić information content (AvgIpc) is 2.93. The number of thioether (sulfide) groups is 1. The minimum atomic E-state index is -0.209. The second kappa shape index (κ2) is 5.37. The summed E-state index contributed by atoms with van der Waals surface area (Å²) in [7, 11) is 0. The van der Waals surface area contributed by atoms with Crippen LogP contribution in [-0.2, 0) is 0 Å². The molecule has 5 nitrogen and oxygen atoms in total. The molecule has 0 spiro atoms. The summed E-state index contributed by atoms with van der Waals surface area (Å²) in [4.78, 5) is 4.26. The molecule has 0 bridgehead atoms. The fourth-order valence-corrected chi connectivity index (χ4v) is 1.94. The van der Waals surface area contributed by atoms with Crippen molar-refractivity contribution in [2.75, 3.05) is 12.0 Å². The van der Waals surface area contributed by atoms with Gasteiger partial charge in [0, 0.05) is 0 Å². The van der Waals surface area contributed by atoms with Crippen molar-refractivity contribution < 1.29 is 8.94 Å². The molecule has 2 rings (SSSR count). The van der Waals surface area contributed by atoms with Gasteiger partial charge in [-0.15, -0.1) is 0 Å². The van der Waals surface area contributed by atoms with Crippen LogP contribution in [0.4, 0.5) is 0 Å². The van der Waals surface area contributed by atoms with E-state index in [1.54, 1.807) is 18.0 Å². The van der Waals surface area contributed by atoms with Gasteiger partial charge in [0.2, 0.25) is 11.7 Å². The van der Waals surface area contributed by atoms with E-state index >= 15 is 0 Å². The van der Waals surface area contributed by atoms with Gasteiger partial charge in [0.25, 0.3) is 0 Å². The number of aromatic nitrogens is 2. The van der Waals surface area contributed by atoms with Crippen LogP contribution in [0.15, 0.2) is 21.3 Å². The lowest BCUT2D eigenvalue weighted by molar-refractivity contribution is 0.352. The molecule has 0 aliphatic rings. The van der Waals surface area contributed by atoms with E-state index in [0.29, 0.717) is 17.5 Å². The Morgan fingerprint density at radius 2 is 2.35 bits per heavy atom. The minimum Gasteiger partial charge on any atom is -0.461 e. The highest BCUT2D eigenvalue weighted by Gasteiger charge is 2.17. The Balaban J connectivity index is 2.13. The van der Waals surface area contributed by atoms with Gasteiger partial charge >= 0.3 is 0 Å². The Morgan fingerprint density at radius 1 is 1.53 bits per heavy atom. The molecule has 2 N–H and O–H groups in total. The van der Waals surface area contributed by atoms with Crippen LogP contribution in [0.2, 0.25) is 0 Å². The van der Waals surface area contributed by atoms with Crippen molar-refractivity contribution in [3.05, 3.63) is 23.8 Å². The maximum Gasteiger partial charge on any atom is 0.244 e. The SMILES string of the molecule is CSCC[C@@H](N)c1nc(-c2occc2C)no1. The normalized spacial score (nSPS) is 12.9. The minimum absolute atomic E-state index is 0.209. The molecule has 6 heteroatoms. The first-order valence-electron chi connectivity index (χ1n) is 5.35. The number of aryl methyl sites for hydroxylation is 1. The van der Waals surface area contributed by atoms with Crippen molar-refractivity contribution >= 4 is 11.8 Å². The highest BCUT2D eigenvalue weighted by atomic mass is 32.2. The fraction of sp³-hybridized carbons (Fsp3) is 0.455. The Bertz CT molecular complexity index is 481. The van der Waals surface area contributed by atoms with Gasteiger partial charge in [-0.3, -0.25) is 0 Å². The van der Waals surface area contributed by atoms with E-state index in [-0.39, 0.29) is 6.04 Å². The number of nitrogens with zero attached hydrogens (tertiary/aromatic N) is 2. The molecule has 2 heterocycles. The second-order valence-electron chi connectivity index (χ2n) is 3.78. The molecule has 0 aliphatic heterocycles. The van der Waals surface area contributed by atoms with E-state index in [1.165, 1.54) is 0 Å². The Kier molecular flexibility index (Phi) is 3.86. The maximum atomic E-state index is 5.95. The molecule has 0 amide bonds. The summed E-state index contributed by atoms with van der Waals surface area (Å²) in [5, 5.41) is 3.88. The second-order valence-corrected chi connectivity index (χ2v) is 4.76. The van der Waals surface area contributed by atoms with Crippen molar-refractivity contribution in [3.63, 3.8) is 0 Å². The number of furan rings is 1. The lowest BCUT2D eigenvalue weighted by Crippen LogP contribution is -2.11. The first-order chi connectivity index (χ1) is 8.22. The molecule has 0 saturated carbocycles. The van der Waals surface area contributed by atoms with Crippen LogP contribution in [0.3, 0.4) is 0 Å². The van der Waals surface area contributed by atoms with Crippen LogP contribution < -0.4 is 5.73 Å². The lowest BCUT2D eigenvalue weighted by atomic mass is 10.2. The first kappa shape index (κ1) is 12.2. The third-order valence-electron chi connectivity index (χ3n) is 2.46. The summed E-state index contributed by atoms with van der Waals surface area (Å²) in [6, 6.07) is 1.65. The molecule has 0 radical (unpaired) electrons. The van der Waals surface area contributed by atoms with Gasteiger partial charge in [-0.25, -0.2) is 0 Å². The largest absolute Gasteiger partial charge is 0.461 e. The monoisotopic (exact) mass is 253 g/mol. The van der Waals surface area contributed by atoms with Gasteiger partial charge in [-0.2, -0.15) is 16.7 Å². The zero-order valence-corrected chi connectivity index (χ0v) is 10.7. The fourth-order valence-electron chi connectivity index (χ4n) is 1.45. The summed E-state index contributed by atoms with van der Waals surface area (Å²) in [6.45, 7) is 1.93. The van der Waals surface area contributed by atoms with Crippen LogP contribution in [0.1, 0.15) is 23.9 Å². The highest BCUT2D eigenvalue weighted by Crippen LogP contribution is 2.23. The predicted octanol–water partition coefficient (Wildman–Crippen LogP) is 2.39. The maximum absolute atomic E-state index is 5.95. The summed E-state index contributed by atoms with van der Waals surface area (Å²) in [5.74, 6) is 2.53. The zero-order chi connectivity index (χ0) is 12.3. The predicted molar refractivity (Wildman–Crippen MR) is 66.7 cm³/mol. The summed E-state index contributed by atoms with van der Waals surface area (Å²) in [5.41, 5.74) is 6.93. The number of hydrogen-bond donors (Lipinski definition) is 1. The Hall–Kier alpha value is -1.27. The van der Waals surface area contributed by atoms with E-state index in [2.05, 4.69) is 10.1 Å². The van der Waals surface area contributed by atoms with Crippen molar-refractivity contribution in [2.45, 2.75) is 19.4 Å². The Labute approximate surface area is 104 Å². The standard InChI is InChI=1S/C11H15N3O2S/c1-7-3-5-15-9(7)10-13-11(16-14-10)8(12)4-6-17-2/h3,5,8H,4,6,12H2,1-2H3/t8-/m1/s1. The number of nitrogens with two attached hydrogens (primary N) is 1. The molecule has 17 heavy (non-hydrogen) atoms. The summed E-state index contributed by atoms with van der Waals surface area (Å²) in [6.07, 6.45) is 4.46. The van der Waals surface area contributed by atoms with Crippen LogP contribution >= 0.6 is 11.8 Å². The Morgan fingerprint density at radius 3 is 3.00 bits per heavy atom. The van der Waals surface area contributed by atoms with Gasteiger partial charge in [-0.1, -0.05) is 5.16 Å². The topological polar surface area (TPSA) is 78.1 Å². The number of rotatable bonds is 5. The van der Waals surface area contributed by atoms with Gasteiger partial charge in [-0.05, 0) is 37.0 Å². The summed E-state index contributed by atoms with van der Waals surface area (Å²) < 4.78 is 10.4. The van der Waals surface area contributed by atoms with Crippen LogP contribution in [-0.4, -0.2) is 22.1 Å². The van der Waals surface area contributed by atoms with Crippen molar-refractivity contribution in [1.82, 2.24) is 10.1 Å². The highest BCUT2D eigenvalue weighted by molar-refractivity contribution is 7.98. The molecule has 0 aromatic carbocycles. The lowest BCUT2D eigenvalue weighted by Gasteiger charge is -2.03. The van der Waals surface area contributed by atoms with E-state index in [9.17, 15) is 0 Å². The van der Waals surface area contributed by atoms with Gasteiger partial charge in [0.15, 0.2) is 5.76 Å². The van der Waals surface area contributed by atoms with E-state index in [0.717, 1.165) is 17.7 Å². The van der Waals surface area contributed by atoms with E-state index < -0.39 is 0 Å². The van der Waals surface area contributed by atoms with Crippen molar-refractivity contribution in [3.8, 4) is 11.6 Å². The van der Waals surface area contributed by atoms with E-state index in [4.69, 9.17) is 14.7 Å². The molecule has 1 atom stereocenters. The zero-order valence-electron chi connectivity index (χ0n) is 9.84. The van der Waals surface area contributed by atoms with Gasteiger partial charge in [0.05, 0.1) is 12.3 Å². The molecule has 0 saturated heterocycles. The van der Waals surface area contributed by atoms with Crippen LogP contribution in [0.5, 0.6) is 0 Å². The van der Waals surface area contributed by atoms with Crippen molar-refractivity contribution in [2.24, 2.45) is 5.73 Å². The smallest absolute Gasteiger partial charge is 0.244 e. The van der Waals surface area contributed by atoms with Crippen LogP contribution in [0, 0.1) is 6.92 Å². The van der Waals surface area contributed by atoms with E-state index in [1.807, 2.05) is 19.2 Å². The molecular weight excluding hydrogens is 238 g/mol. The molecule has 0 fully saturated rings. The molecule has 2 aromatic rings. The molecule has 2 aromatic heterocycles. The molecule has 0 aliphatic carbocycles. The number of hydrogen-bond acceptors (Lipinski definition) is 6. The third-order valence-corrected chi connectivity index (χ3v) is 3.10. The first-order valence-corrected chi connectivity index (χ1v) is 6.74. The third kappa shape index (κ3) is 2.70. The molecule has 92 valence electrons. The molecule has 0 unspecified atom stereocenters. The van der Waals surface area contributed by atoms with Gasteiger partial charge < -0.3 is 14.7 Å². The summed E-state index contributed by atoms with van der Waals surface area (Å²) >= 11 is 1.74. The quantitative estimate of drug-likeness (QED) is 0.881. The molecular formula is C11H15N3O2S. The average molecular weight is 253 g/mol. The van der Waals surface area contributed by atoms with Gasteiger partial charge in [0.1, 0.15) is 0 Å². The van der Waals surface area contributed by atoms with Crippen molar-refractivity contribution in [1.29, 1.82) is 0 Å².